The second-order valence-electron chi connectivity index (χ2n) is 5.86. The lowest BCUT2D eigenvalue weighted by atomic mass is 9.96. The van der Waals surface area contributed by atoms with Crippen molar-refractivity contribution in [3.8, 4) is 5.75 Å². The van der Waals surface area contributed by atoms with Gasteiger partial charge in [-0.25, -0.2) is 0 Å². The zero-order valence-electron chi connectivity index (χ0n) is 14.6. The van der Waals surface area contributed by atoms with Gasteiger partial charge in [0.15, 0.2) is 11.9 Å². The number of nitro groups is 1. The van der Waals surface area contributed by atoms with Gasteiger partial charge >= 0.3 is 11.7 Å². The summed E-state index contributed by atoms with van der Waals surface area (Å²) < 4.78 is 16.1. The molecule has 0 bridgehead atoms. The summed E-state index contributed by atoms with van der Waals surface area (Å²) in [6, 6.07) is 4.31. The van der Waals surface area contributed by atoms with Crippen molar-refractivity contribution in [1.29, 1.82) is 0 Å². The number of hydrogen-bond acceptors (Lipinski definition) is 9. The van der Waals surface area contributed by atoms with Gasteiger partial charge in [-0.05, 0) is 6.07 Å². The number of carbonyl (C=O) groups is 2. The molecule has 0 aliphatic carbocycles. The van der Waals surface area contributed by atoms with Gasteiger partial charge in [0.25, 0.3) is 0 Å². The van der Waals surface area contributed by atoms with Crippen LogP contribution >= 0.6 is 0 Å². The van der Waals surface area contributed by atoms with E-state index in [1.165, 1.54) is 31.2 Å². The Morgan fingerprint density at radius 3 is 2.56 bits per heavy atom. The van der Waals surface area contributed by atoms with E-state index in [9.17, 15) is 29.9 Å². The fourth-order valence-electron chi connectivity index (χ4n) is 2.72. The number of nitrogens with zero attached hydrogens (tertiary/aromatic N) is 1. The highest BCUT2D eigenvalue weighted by Gasteiger charge is 2.49. The van der Waals surface area contributed by atoms with Crippen LogP contribution in [-0.2, 0) is 19.1 Å². The summed E-state index contributed by atoms with van der Waals surface area (Å²) in [7, 11) is 0. The zero-order valence-corrected chi connectivity index (χ0v) is 14.6. The van der Waals surface area contributed by atoms with Gasteiger partial charge in [-0.15, -0.1) is 0 Å². The number of para-hydroxylation sites is 2. The van der Waals surface area contributed by atoms with Gasteiger partial charge < -0.3 is 29.7 Å². The molecule has 1 aliphatic rings. The SMILES string of the molecule is CC(=O)N[C@H]1[C@@H](Oc2ccccc2[N+](=O)[O-])O[C@H](CO)[C@H](O)[C@@H]1OC(C)=O. The number of amides is 1. The molecule has 1 aliphatic heterocycles. The van der Waals surface area contributed by atoms with Gasteiger partial charge in [0.05, 0.1) is 11.5 Å². The second-order valence-corrected chi connectivity index (χ2v) is 5.86. The summed E-state index contributed by atoms with van der Waals surface area (Å²) >= 11 is 0. The Labute approximate surface area is 154 Å². The van der Waals surface area contributed by atoms with Crippen molar-refractivity contribution >= 4 is 17.6 Å². The maximum Gasteiger partial charge on any atom is 0.311 e. The number of nitro benzene ring substituents is 1. The van der Waals surface area contributed by atoms with Crippen LogP contribution in [-0.4, -0.2) is 64.3 Å². The van der Waals surface area contributed by atoms with Crippen molar-refractivity contribution < 1.29 is 38.9 Å². The lowest BCUT2D eigenvalue weighted by Gasteiger charge is -2.43. The predicted octanol–water partition coefficient (Wildman–Crippen LogP) is -0.512. The first kappa shape index (κ1) is 20.6. The van der Waals surface area contributed by atoms with Crippen molar-refractivity contribution in [3.63, 3.8) is 0 Å². The molecule has 27 heavy (non-hydrogen) atoms. The average Bonchev–Trinajstić information content (AvgIpc) is 2.59. The second kappa shape index (κ2) is 8.75. The van der Waals surface area contributed by atoms with Gasteiger partial charge in [-0.2, -0.15) is 0 Å². The molecule has 0 radical (unpaired) electrons. The smallest absolute Gasteiger partial charge is 0.311 e. The summed E-state index contributed by atoms with van der Waals surface area (Å²) in [5, 5.41) is 33.4. The highest BCUT2D eigenvalue weighted by Crippen LogP contribution is 2.31. The van der Waals surface area contributed by atoms with Crippen molar-refractivity contribution in [2.24, 2.45) is 0 Å². The average molecular weight is 384 g/mol. The van der Waals surface area contributed by atoms with E-state index >= 15 is 0 Å². The number of ether oxygens (including phenoxy) is 3. The molecule has 1 heterocycles. The van der Waals surface area contributed by atoms with Crippen LogP contribution in [0.3, 0.4) is 0 Å². The summed E-state index contributed by atoms with van der Waals surface area (Å²) in [6.07, 6.45) is -5.33. The number of esters is 1. The zero-order chi connectivity index (χ0) is 20.1. The molecule has 1 aromatic carbocycles. The van der Waals surface area contributed by atoms with Gasteiger partial charge in [-0.1, -0.05) is 12.1 Å². The van der Waals surface area contributed by atoms with E-state index in [1.54, 1.807) is 0 Å². The number of nitrogens with one attached hydrogen (secondary N) is 1. The van der Waals surface area contributed by atoms with E-state index in [4.69, 9.17) is 14.2 Å². The molecule has 11 heteroatoms. The third-order valence-electron chi connectivity index (χ3n) is 3.83. The number of aliphatic hydroxyl groups is 2. The van der Waals surface area contributed by atoms with Crippen LogP contribution < -0.4 is 10.1 Å². The molecular formula is C16H20N2O9. The van der Waals surface area contributed by atoms with Crippen molar-refractivity contribution in [3.05, 3.63) is 34.4 Å². The molecule has 3 N–H and O–H groups in total. The Kier molecular flexibility index (Phi) is 6.66. The Hall–Kier alpha value is -2.76. The first-order valence-corrected chi connectivity index (χ1v) is 8.03. The normalized spacial score (nSPS) is 27.5. The maximum atomic E-state index is 11.6. The maximum absolute atomic E-state index is 11.6. The first-order valence-electron chi connectivity index (χ1n) is 8.03. The Morgan fingerprint density at radius 1 is 1.33 bits per heavy atom. The van der Waals surface area contributed by atoms with Crippen LogP contribution in [0, 0.1) is 10.1 Å². The molecule has 0 spiro atoms. The summed E-state index contributed by atoms with van der Waals surface area (Å²) in [4.78, 5) is 33.5. The summed E-state index contributed by atoms with van der Waals surface area (Å²) in [5.41, 5.74) is -0.349. The summed E-state index contributed by atoms with van der Waals surface area (Å²) in [5.74, 6) is -1.43. The van der Waals surface area contributed by atoms with Gasteiger partial charge in [0, 0.05) is 19.9 Å². The lowest BCUT2D eigenvalue weighted by Crippen LogP contribution is -2.66. The molecule has 0 saturated carbocycles. The minimum atomic E-state index is -1.46. The van der Waals surface area contributed by atoms with E-state index in [0.717, 1.165) is 6.92 Å². The van der Waals surface area contributed by atoms with E-state index in [1.807, 2.05) is 0 Å². The van der Waals surface area contributed by atoms with E-state index in [2.05, 4.69) is 5.32 Å². The standard InChI is InChI=1S/C16H20N2O9/c1-8(20)17-13-15(25-9(2)21)14(22)12(7-19)27-16(13)26-11-6-4-3-5-10(11)18(23)24/h3-6,12-16,19,22H,7H2,1-2H3,(H,17,20)/t12-,13-,14+,15-,16+/m1/s1. The quantitative estimate of drug-likeness (QED) is 0.334. The third kappa shape index (κ3) is 4.90. The fraction of sp³-hybridized carbons (Fsp3) is 0.500. The van der Waals surface area contributed by atoms with Crippen LogP contribution in [0.4, 0.5) is 5.69 Å². The Balaban J connectivity index is 2.39. The molecule has 1 saturated heterocycles. The topological polar surface area (TPSA) is 157 Å². The van der Waals surface area contributed by atoms with Crippen LogP contribution in [0.15, 0.2) is 24.3 Å². The lowest BCUT2D eigenvalue weighted by molar-refractivity contribution is -0.386. The minimum Gasteiger partial charge on any atom is -0.457 e. The van der Waals surface area contributed by atoms with E-state index in [-0.39, 0.29) is 11.4 Å². The van der Waals surface area contributed by atoms with Crippen LogP contribution in [0.25, 0.3) is 0 Å². The number of carbonyl (C=O) groups excluding carboxylic acids is 2. The molecule has 0 unspecified atom stereocenters. The van der Waals surface area contributed by atoms with Crippen molar-refractivity contribution in [1.82, 2.24) is 5.32 Å². The fourth-order valence-corrected chi connectivity index (χ4v) is 2.72. The molecule has 11 nitrogen and oxygen atoms in total. The van der Waals surface area contributed by atoms with Gasteiger partial charge in [-0.3, -0.25) is 19.7 Å². The highest BCUT2D eigenvalue weighted by atomic mass is 16.7. The molecule has 5 atom stereocenters. The molecule has 2 rings (SSSR count). The molecule has 1 fully saturated rings. The predicted molar refractivity (Wildman–Crippen MR) is 88.6 cm³/mol. The van der Waals surface area contributed by atoms with Crippen LogP contribution in [0.5, 0.6) is 5.75 Å². The van der Waals surface area contributed by atoms with Crippen molar-refractivity contribution in [2.75, 3.05) is 6.61 Å². The third-order valence-corrected chi connectivity index (χ3v) is 3.83. The number of rotatable bonds is 6. The van der Waals surface area contributed by atoms with E-state index < -0.39 is 54.1 Å². The monoisotopic (exact) mass is 384 g/mol. The Bertz CT molecular complexity index is 711. The molecular weight excluding hydrogens is 364 g/mol. The number of benzene rings is 1. The number of hydrogen-bond donors (Lipinski definition) is 3. The molecule has 1 aromatic rings. The molecule has 1 amide bonds. The van der Waals surface area contributed by atoms with Crippen LogP contribution in [0.1, 0.15) is 13.8 Å². The van der Waals surface area contributed by atoms with E-state index in [0.29, 0.717) is 0 Å². The van der Waals surface area contributed by atoms with Gasteiger partial charge in [0.2, 0.25) is 12.2 Å². The molecule has 0 aromatic heterocycles. The molecule has 148 valence electrons. The summed E-state index contributed by atoms with van der Waals surface area (Å²) in [6.45, 7) is 1.67. The van der Waals surface area contributed by atoms with Crippen molar-refractivity contribution in [2.45, 2.75) is 44.5 Å². The van der Waals surface area contributed by atoms with Gasteiger partial charge in [0.1, 0.15) is 18.2 Å². The largest absolute Gasteiger partial charge is 0.457 e. The van der Waals surface area contributed by atoms with Crippen LogP contribution in [0.2, 0.25) is 0 Å². The minimum absolute atomic E-state index is 0.155. The highest BCUT2D eigenvalue weighted by molar-refractivity contribution is 5.73. The number of aliphatic hydroxyl groups excluding tert-OH is 2. The first-order chi connectivity index (χ1) is 12.7. The Morgan fingerprint density at radius 2 is 2.00 bits per heavy atom.